The third-order valence-electron chi connectivity index (χ3n) is 6.12. The van der Waals surface area contributed by atoms with Crippen LogP contribution in [0.3, 0.4) is 0 Å². The van der Waals surface area contributed by atoms with Crippen LogP contribution in [0.25, 0.3) is 0 Å². The predicted octanol–water partition coefficient (Wildman–Crippen LogP) is 2.48. The third kappa shape index (κ3) is 6.25. The summed E-state index contributed by atoms with van der Waals surface area (Å²) < 4.78 is 0. The highest BCUT2D eigenvalue weighted by Gasteiger charge is 2.22. The zero-order chi connectivity index (χ0) is 17.5. The first kappa shape index (κ1) is 19.5. The van der Waals surface area contributed by atoms with Gasteiger partial charge in [-0.2, -0.15) is 0 Å². The van der Waals surface area contributed by atoms with Crippen LogP contribution in [0.4, 0.5) is 4.79 Å². The quantitative estimate of drug-likeness (QED) is 0.809. The Labute approximate surface area is 148 Å². The normalized spacial score (nSPS) is 26.5. The number of rotatable bonds is 6. The van der Waals surface area contributed by atoms with Crippen LogP contribution < -0.4 is 5.32 Å². The predicted molar refractivity (Wildman–Crippen MR) is 100 cm³/mol. The van der Waals surface area contributed by atoms with Crippen molar-refractivity contribution in [1.82, 2.24) is 20.0 Å². The van der Waals surface area contributed by atoms with Gasteiger partial charge in [-0.25, -0.2) is 4.79 Å². The van der Waals surface area contributed by atoms with Crippen LogP contribution >= 0.6 is 0 Å². The molecule has 5 heteroatoms. The van der Waals surface area contributed by atoms with Gasteiger partial charge in [0.15, 0.2) is 0 Å². The number of amides is 2. The van der Waals surface area contributed by atoms with Crippen molar-refractivity contribution in [3.05, 3.63) is 0 Å². The van der Waals surface area contributed by atoms with Gasteiger partial charge in [-0.05, 0) is 64.7 Å². The minimum atomic E-state index is 0.0883. The van der Waals surface area contributed by atoms with E-state index in [9.17, 15) is 4.79 Å². The van der Waals surface area contributed by atoms with Crippen LogP contribution in [0.5, 0.6) is 0 Å². The Hall–Kier alpha value is -0.810. The molecule has 1 N–H and O–H groups in total. The molecule has 1 aliphatic carbocycles. The van der Waals surface area contributed by atoms with Gasteiger partial charge in [-0.1, -0.05) is 19.8 Å². The van der Waals surface area contributed by atoms with Gasteiger partial charge in [0, 0.05) is 32.7 Å². The lowest BCUT2D eigenvalue weighted by atomic mass is 9.83. The van der Waals surface area contributed by atoms with E-state index in [0.717, 1.165) is 25.6 Å². The average molecular weight is 339 g/mol. The molecule has 2 rings (SSSR count). The minimum absolute atomic E-state index is 0.0883. The highest BCUT2D eigenvalue weighted by molar-refractivity contribution is 5.73. The smallest absolute Gasteiger partial charge is 0.317 e. The fourth-order valence-corrected chi connectivity index (χ4v) is 3.93. The maximum absolute atomic E-state index is 12.3. The zero-order valence-electron chi connectivity index (χ0n) is 16.3. The summed E-state index contributed by atoms with van der Waals surface area (Å²) in [7, 11) is 6.31. The fourth-order valence-electron chi connectivity index (χ4n) is 3.93. The highest BCUT2D eigenvalue weighted by Crippen LogP contribution is 2.27. The molecule has 24 heavy (non-hydrogen) atoms. The van der Waals surface area contributed by atoms with Crippen LogP contribution in [0.2, 0.25) is 0 Å². The molecular weight excluding hydrogens is 300 g/mol. The lowest BCUT2D eigenvalue weighted by Gasteiger charge is -2.35. The second kappa shape index (κ2) is 9.62. The van der Waals surface area contributed by atoms with Crippen LogP contribution in [0, 0.1) is 11.8 Å². The molecule has 2 aliphatic rings. The summed E-state index contributed by atoms with van der Waals surface area (Å²) in [5.41, 5.74) is 0. The van der Waals surface area contributed by atoms with E-state index in [1.807, 2.05) is 11.9 Å². The maximum Gasteiger partial charge on any atom is 0.317 e. The van der Waals surface area contributed by atoms with E-state index >= 15 is 0 Å². The van der Waals surface area contributed by atoms with E-state index in [2.05, 4.69) is 36.1 Å². The summed E-state index contributed by atoms with van der Waals surface area (Å²) >= 11 is 0. The van der Waals surface area contributed by atoms with Gasteiger partial charge < -0.3 is 20.0 Å². The van der Waals surface area contributed by atoms with E-state index in [0.29, 0.717) is 12.0 Å². The molecular formula is C19H38N4O. The van der Waals surface area contributed by atoms with Crippen molar-refractivity contribution in [3.63, 3.8) is 0 Å². The SMILES string of the molecule is CC1CCC(CNC(=O)N(C)CCN(C)C2CCN(C)CC2)CC1. The topological polar surface area (TPSA) is 38.8 Å². The highest BCUT2D eigenvalue weighted by atomic mass is 16.2. The summed E-state index contributed by atoms with van der Waals surface area (Å²) in [6.07, 6.45) is 7.65. The van der Waals surface area contributed by atoms with E-state index in [1.54, 1.807) is 0 Å². The number of carbonyl (C=O) groups is 1. The monoisotopic (exact) mass is 338 g/mol. The van der Waals surface area contributed by atoms with Crippen molar-refractivity contribution in [2.45, 2.75) is 51.5 Å². The van der Waals surface area contributed by atoms with E-state index in [-0.39, 0.29) is 6.03 Å². The van der Waals surface area contributed by atoms with Crippen LogP contribution in [-0.4, -0.2) is 80.6 Å². The molecule has 5 nitrogen and oxygen atoms in total. The number of urea groups is 1. The van der Waals surface area contributed by atoms with Crippen LogP contribution in [-0.2, 0) is 0 Å². The molecule has 1 aliphatic heterocycles. The van der Waals surface area contributed by atoms with Gasteiger partial charge >= 0.3 is 6.03 Å². The number of nitrogens with one attached hydrogen (secondary N) is 1. The van der Waals surface area contributed by atoms with Gasteiger partial charge in [0.25, 0.3) is 0 Å². The third-order valence-corrected chi connectivity index (χ3v) is 6.12. The molecule has 140 valence electrons. The summed E-state index contributed by atoms with van der Waals surface area (Å²) in [6.45, 7) is 7.32. The number of carbonyl (C=O) groups excluding carboxylic acids is 1. The molecule has 0 spiro atoms. The Bertz CT molecular complexity index is 374. The molecule has 0 aromatic rings. The van der Waals surface area contributed by atoms with Crippen molar-refractivity contribution < 1.29 is 4.79 Å². The van der Waals surface area contributed by atoms with Crippen molar-refractivity contribution in [1.29, 1.82) is 0 Å². The van der Waals surface area contributed by atoms with Crippen LogP contribution in [0.15, 0.2) is 0 Å². The molecule has 0 aromatic carbocycles. The number of likely N-dealkylation sites (N-methyl/N-ethyl adjacent to an activating group) is 2. The number of nitrogens with zero attached hydrogens (tertiary/aromatic N) is 3. The average Bonchev–Trinajstić information content (AvgIpc) is 2.59. The van der Waals surface area contributed by atoms with Gasteiger partial charge in [0.1, 0.15) is 0 Å². The second-order valence-corrected chi connectivity index (χ2v) is 8.25. The van der Waals surface area contributed by atoms with Crippen molar-refractivity contribution in [2.75, 3.05) is 53.9 Å². The zero-order valence-corrected chi connectivity index (χ0v) is 16.3. The molecule has 0 bridgehead atoms. The Morgan fingerprint density at radius 2 is 1.67 bits per heavy atom. The van der Waals surface area contributed by atoms with Gasteiger partial charge in [0.05, 0.1) is 0 Å². The molecule has 1 heterocycles. The molecule has 0 unspecified atom stereocenters. The number of likely N-dealkylation sites (tertiary alicyclic amines) is 1. The number of hydrogen-bond donors (Lipinski definition) is 1. The summed E-state index contributed by atoms with van der Waals surface area (Å²) in [5.74, 6) is 1.55. The molecule has 0 atom stereocenters. The van der Waals surface area contributed by atoms with E-state index in [4.69, 9.17) is 0 Å². The lowest BCUT2D eigenvalue weighted by Crippen LogP contribution is -2.46. The Balaban J connectivity index is 1.60. The Morgan fingerprint density at radius 3 is 2.29 bits per heavy atom. The van der Waals surface area contributed by atoms with Crippen molar-refractivity contribution >= 4 is 6.03 Å². The first-order chi connectivity index (χ1) is 11.5. The molecule has 2 fully saturated rings. The molecule has 0 radical (unpaired) electrons. The van der Waals surface area contributed by atoms with Crippen molar-refractivity contribution in [3.8, 4) is 0 Å². The minimum Gasteiger partial charge on any atom is -0.338 e. The van der Waals surface area contributed by atoms with Crippen molar-refractivity contribution in [2.24, 2.45) is 11.8 Å². The van der Waals surface area contributed by atoms with Crippen LogP contribution in [0.1, 0.15) is 45.4 Å². The Kier molecular flexibility index (Phi) is 7.82. The number of piperidine rings is 1. The molecule has 1 saturated heterocycles. The van der Waals surface area contributed by atoms with Gasteiger partial charge in [0.2, 0.25) is 0 Å². The Morgan fingerprint density at radius 1 is 1.04 bits per heavy atom. The second-order valence-electron chi connectivity index (χ2n) is 8.25. The first-order valence-electron chi connectivity index (χ1n) is 9.83. The molecule has 2 amide bonds. The molecule has 0 aromatic heterocycles. The molecule has 1 saturated carbocycles. The lowest BCUT2D eigenvalue weighted by molar-refractivity contribution is 0.134. The maximum atomic E-state index is 12.3. The summed E-state index contributed by atoms with van der Waals surface area (Å²) in [4.78, 5) is 18.9. The summed E-state index contributed by atoms with van der Waals surface area (Å²) in [5, 5.41) is 3.14. The van der Waals surface area contributed by atoms with Gasteiger partial charge in [-0.3, -0.25) is 0 Å². The van der Waals surface area contributed by atoms with E-state index in [1.165, 1.54) is 51.6 Å². The van der Waals surface area contributed by atoms with E-state index < -0.39 is 0 Å². The standard InChI is InChI=1S/C19H38N4O/c1-16-5-7-17(8-6-16)15-20-19(24)23(4)14-13-22(3)18-9-11-21(2)12-10-18/h16-18H,5-15H2,1-4H3,(H,20,24). The summed E-state index contributed by atoms with van der Waals surface area (Å²) in [6, 6.07) is 0.757. The fraction of sp³-hybridized carbons (Fsp3) is 0.947. The van der Waals surface area contributed by atoms with Gasteiger partial charge in [-0.15, -0.1) is 0 Å². The number of hydrogen-bond acceptors (Lipinski definition) is 3. The largest absolute Gasteiger partial charge is 0.338 e. The first-order valence-corrected chi connectivity index (χ1v) is 9.83.